The number of Topliss-reactive ketones (excluding diaryl/α,β-unsaturated/α-hetero) is 1. The Hall–Kier alpha value is -1.20. The van der Waals surface area contributed by atoms with E-state index in [-0.39, 0.29) is 11.7 Å². The summed E-state index contributed by atoms with van der Waals surface area (Å²) in [5.41, 5.74) is 0.669. The number of amides is 1. The fraction of sp³-hybridized carbons (Fsp3) is 0.600. The number of rotatable bonds is 2. The monoisotopic (exact) mass is 292 g/mol. The molecule has 1 aromatic heterocycles. The number of nitrogens with zero attached hydrogens (tertiary/aromatic N) is 1. The quantitative estimate of drug-likeness (QED) is 0.850. The Morgan fingerprint density at radius 3 is 3.00 bits per heavy atom. The Labute approximate surface area is 123 Å². The molecule has 0 saturated carbocycles. The minimum absolute atomic E-state index is 0.0317. The number of carbonyl (C=O) groups excluding carboxylic acids is 2. The van der Waals surface area contributed by atoms with Crippen LogP contribution in [0.25, 0.3) is 0 Å². The van der Waals surface area contributed by atoms with Gasteiger partial charge in [-0.25, -0.2) is 0 Å². The summed E-state index contributed by atoms with van der Waals surface area (Å²) in [5, 5.41) is 5.37. The van der Waals surface area contributed by atoms with Crippen molar-refractivity contribution in [1.82, 2.24) is 10.2 Å². The molecule has 0 aliphatic carbocycles. The average molecular weight is 292 g/mol. The van der Waals surface area contributed by atoms with E-state index in [1.54, 1.807) is 13.0 Å². The highest BCUT2D eigenvalue weighted by molar-refractivity contribution is 7.12. The van der Waals surface area contributed by atoms with E-state index in [1.165, 1.54) is 24.2 Å². The molecule has 2 fully saturated rings. The number of thiophene rings is 1. The second kappa shape index (κ2) is 5.66. The number of nitrogens with one attached hydrogen (secondary N) is 1. The Balaban J connectivity index is 1.69. The molecule has 0 unspecified atom stereocenters. The summed E-state index contributed by atoms with van der Waals surface area (Å²) in [7, 11) is 0. The Kier molecular flexibility index (Phi) is 3.89. The maximum atomic E-state index is 12.5. The molecule has 2 aliphatic rings. The van der Waals surface area contributed by atoms with E-state index in [2.05, 4.69) is 5.32 Å². The molecule has 0 spiro atoms. The summed E-state index contributed by atoms with van der Waals surface area (Å²) in [6, 6.07) is 2.32. The van der Waals surface area contributed by atoms with Crippen LogP contribution >= 0.6 is 11.3 Å². The van der Waals surface area contributed by atoms with Gasteiger partial charge >= 0.3 is 0 Å². The van der Waals surface area contributed by atoms with Crippen LogP contribution in [-0.2, 0) is 0 Å². The lowest BCUT2D eigenvalue weighted by Crippen LogP contribution is -2.53. The highest BCUT2D eigenvalue weighted by Gasteiger charge is 2.33. The molecule has 1 amide bonds. The van der Waals surface area contributed by atoms with Gasteiger partial charge in [0.2, 0.25) is 0 Å². The van der Waals surface area contributed by atoms with Crippen LogP contribution in [0.2, 0.25) is 0 Å². The highest BCUT2D eigenvalue weighted by Crippen LogP contribution is 2.26. The lowest BCUT2D eigenvalue weighted by molar-refractivity contribution is 0.0593. The van der Waals surface area contributed by atoms with Crippen molar-refractivity contribution in [1.29, 1.82) is 0 Å². The topological polar surface area (TPSA) is 49.4 Å². The first kappa shape index (κ1) is 13.8. The van der Waals surface area contributed by atoms with Crippen LogP contribution < -0.4 is 5.32 Å². The first-order valence-electron chi connectivity index (χ1n) is 7.27. The zero-order valence-corrected chi connectivity index (χ0v) is 12.5. The van der Waals surface area contributed by atoms with E-state index < -0.39 is 0 Å². The van der Waals surface area contributed by atoms with Crippen LogP contribution in [0, 0.1) is 5.92 Å². The number of carbonyl (C=O) groups is 2. The molecule has 1 aromatic rings. The third-order valence-electron chi connectivity index (χ3n) is 4.37. The Morgan fingerprint density at radius 1 is 1.40 bits per heavy atom. The zero-order valence-electron chi connectivity index (χ0n) is 11.7. The van der Waals surface area contributed by atoms with Gasteiger partial charge in [0.1, 0.15) is 0 Å². The SMILES string of the molecule is CC(=O)c1cc(C(=O)N2CC[C@H]3NCCC[C@H]3C2)cs1. The normalized spacial score (nSPS) is 26.1. The summed E-state index contributed by atoms with van der Waals surface area (Å²) >= 11 is 1.36. The standard InChI is InChI=1S/C15H20N2O2S/c1-10(18)14-7-12(9-20-14)15(19)17-6-4-13-11(8-17)3-2-5-16-13/h7,9,11,13,16H,2-6,8H2,1H3/t11-,13+/m0/s1. The van der Waals surface area contributed by atoms with E-state index >= 15 is 0 Å². The molecule has 2 saturated heterocycles. The largest absolute Gasteiger partial charge is 0.338 e. The van der Waals surface area contributed by atoms with Crippen LogP contribution in [0.3, 0.4) is 0 Å². The van der Waals surface area contributed by atoms with Gasteiger partial charge in [0, 0.05) is 24.5 Å². The summed E-state index contributed by atoms with van der Waals surface area (Å²) in [6.07, 6.45) is 3.46. The molecule has 4 nitrogen and oxygen atoms in total. The minimum atomic E-state index is 0.0317. The van der Waals surface area contributed by atoms with E-state index in [0.29, 0.717) is 22.4 Å². The smallest absolute Gasteiger partial charge is 0.254 e. The molecular formula is C15H20N2O2S. The van der Waals surface area contributed by atoms with Gasteiger partial charge in [-0.15, -0.1) is 11.3 Å². The fourth-order valence-corrected chi connectivity index (χ4v) is 4.03. The summed E-state index contributed by atoms with van der Waals surface area (Å²) in [4.78, 5) is 26.5. The van der Waals surface area contributed by atoms with Crippen LogP contribution in [-0.4, -0.2) is 42.3 Å². The molecule has 108 valence electrons. The third-order valence-corrected chi connectivity index (χ3v) is 5.40. The summed E-state index contributed by atoms with van der Waals surface area (Å²) < 4.78 is 0. The van der Waals surface area contributed by atoms with Gasteiger partial charge in [-0.1, -0.05) is 0 Å². The van der Waals surface area contributed by atoms with Gasteiger partial charge in [0.15, 0.2) is 5.78 Å². The van der Waals surface area contributed by atoms with Gasteiger partial charge in [-0.05, 0) is 44.7 Å². The minimum Gasteiger partial charge on any atom is -0.338 e. The molecule has 1 N–H and O–H groups in total. The molecule has 20 heavy (non-hydrogen) atoms. The first-order valence-corrected chi connectivity index (χ1v) is 8.15. The number of piperidine rings is 2. The summed E-state index contributed by atoms with van der Waals surface area (Å²) in [5.74, 6) is 0.703. The molecular weight excluding hydrogens is 272 g/mol. The maximum Gasteiger partial charge on any atom is 0.254 e. The molecule has 0 aromatic carbocycles. The highest BCUT2D eigenvalue weighted by atomic mass is 32.1. The van der Waals surface area contributed by atoms with Crippen LogP contribution in [0.5, 0.6) is 0 Å². The third kappa shape index (κ3) is 2.65. The van der Waals surface area contributed by atoms with Crippen molar-refractivity contribution in [3.63, 3.8) is 0 Å². The van der Waals surface area contributed by atoms with E-state index in [4.69, 9.17) is 0 Å². The number of ketones is 1. The second-order valence-corrected chi connectivity index (χ2v) is 6.67. The lowest BCUT2D eigenvalue weighted by atomic mass is 9.85. The number of hydrogen-bond donors (Lipinski definition) is 1. The molecule has 0 radical (unpaired) electrons. The van der Waals surface area contributed by atoms with Crippen LogP contribution in [0.15, 0.2) is 11.4 Å². The second-order valence-electron chi connectivity index (χ2n) is 5.76. The van der Waals surface area contributed by atoms with Crippen molar-refractivity contribution >= 4 is 23.0 Å². The fourth-order valence-electron chi connectivity index (χ4n) is 3.25. The summed E-state index contributed by atoms with van der Waals surface area (Å²) in [6.45, 7) is 4.32. The van der Waals surface area contributed by atoms with Gasteiger partial charge in [0.05, 0.1) is 10.4 Å². The van der Waals surface area contributed by atoms with Gasteiger partial charge in [-0.3, -0.25) is 9.59 Å². The van der Waals surface area contributed by atoms with Crippen molar-refractivity contribution in [2.24, 2.45) is 5.92 Å². The molecule has 3 heterocycles. The van der Waals surface area contributed by atoms with Crippen molar-refractivity contribution in [2.45, 2.75) is 32.2 Å². The molecule has 2 atom stereocenters. The van der Waals surface area contributed by atoms with E-state index in [1.807, 2.05) is 10.3 Å². The number of likely N-dealkylation sites (tertiary alicyclic amines) is 1. The number of hydrogen-bond acceptors (Lipinski definition) is 4. The Morgan fingerprint density at radius 2 is 2.25 bits per heavy atom. The van der Waals surface area contributed by atoms with Crippen molar-refractivity contribution < 1.29 is 9.59 Å². The predicted molar refractivity (Wildman–Crippen MR) is 79.4 cm³/mol. The predicted octanol–water partition coefficient (Wildman–Crippen LogP) is 2.16. The molecule has 0 bridgehead atoms. The van der Waals surface area contributed by atoms with Crippen molar-refractivity contribution in [3.8, 4) is 0 Å². The van der Waals surface area contributed by atoms with E-state index in [9.17, 15) is 9.59 Å². The zero-order chi connectivity index (χ0) is 14.1. The molecule has 2 aliphatic heterocycles. The van der Waals surface area contributed by atoms with Crippen molar-refractivity contribution in [2.75, 3.05) is 19.6 Å². The molecule has 3 rings (SSSR count). The van der Waals surface area contributed by atoms with E-state index in [0.717, 1.165) is 26.1 Å². The van der Waals surface area contributed by atoms with Gasteiger partial charge < -0.3 is 10.2 Å². The van der Waals surface area contributed by atoms with Crippen molar-refractivity contribution in [3.05, 3.63) is 21.9 Å². The Bertz CT molecular complexity index is 526. The van der Waals surface area contributed by atoms with Gasteiger partial charge in [-0.2, -0.15) is 0 Å². The average Bonchev–Trinajstić information content (AvgIpc) is 2.96. The molecule has 5 heteroatoms. The van der Waals surface area contributed by atoms with Crippen LogP contribution in [0.4, 0.5) is 0 Å². The lowest BCUT2D eigenvalue weighted by Gasteiger charge is -2.41. The number of fused-ring (bicyclic) bond motifs is 1. The first-order chi connectivity index (χ1) is 9.65. The maximum absolute atomic E-state index is 12.5. The van der Waals surface area contributed by atoms with Gasteiger partial charge in [0.25, 0.3) is 5.91 Å². The van der Waals surface area contributed by atoms with Crippen LogP contribution in [0.1, 0.15) is 46.2 Å².